The number of nitrogens with one attached hydrogen (secondary N) is 1. The summed E-state index contributed by atoms with van der Waals surface area (Å²) in [4.78, 5) is 23.7. The first kappa shape index (κ1) is 17.2. The van der Waals surface area contributed by atoms with Crippen LogP contribution in [0.15, 0.2) is 12.1 Å². The Balaban J connectivity index is 2.73. The van der Waals surface area contributed by atoms with Crippen molar-refractivity contribution in [2.75, 3.05) is 25.0 Å². The highest BCUT2D eigenvalue weighted by molar-refractivity contribution is 6.31. The van der Waals surface area contributed by atoms with Crippen LogP contribution in [0.1, 0.15) is 20.3 Å². The van der Waals surface area contributed by atoms with Gasteiger partial charge in [0.05, 0.1) is 9.95 Å². The summed E-state index contributed by atoms with van der Waals surface area (Å²) in [6.07, 6.45) is 0.170. The summed E-state index contributed by atoms with van der Waals surface area (Å²) < 4.78 is 13.4. The Labute approximate surface area is 127 Å². The van der Waals surface area contributed by atoms with Gasteiger partial charge in [-0.15, -0.1) is 0 Å². The Kier molecular flexibility index (Phi) is 6.36. The van der Waals surface area contributed by atoms with Crippen LogP contribution in [0, 0.1) is 15.9 Å². The number of benzene rings is 1. The summed E-state index contributed by atoms with van der Waals surface area (Å²) in [5, 5.41) is 13.3. The number of hydrogen-bond donors (Lipinski definition) is 1. The van der Waals surface area contributed by atoms with E-state index in [1.54, 1.807) is 4.90 Å². The van der Waals surface area contributed by atoms with Crippen LogP contribution in [0.25, 0.3) is 0 Å². The molecule has 0 aromatic heterocycles. The lowest BCUT2D eigenvalue weighted by molar-refractivity contribution is -0.384. The van der Waals surface area contributed by atoms with Crippen LogP contribution < -0.4 is 5.32 Å². The number of nitrogens with zero attached hydrogens (tertiary/aromatic N) is 2. The predicted molar refractivity (Wildman–Crippen MR) is 79.1 cm³/mol. The van der Waals surface area contributed by atoms with Gasteiger partial charge in [-0.2, -0.15) is 0 Å². The van der Waals surface area contributed by atoms with E-state index in [-0.39, 0.29) is 35.3 Å². The van der Waals surface area contributed by atoms with Gasteiger partial charge in [-0.3, -0.25) is 14.9 Å². The molecule has 0 atom stereocenters. The summed E-state index contributed by atoms with van der Waals surface area (Å²) in [6.45, 7) is 5.12. The van der Waals surface area contributed by atoms with Crippen molar-refractivity contribution in [3.05, 3.63) is 33.1 Å². The Morgan fingerprint density at radius 1 is 1.43 bits per heavy atom. The van der Waals surface area contributed by atoms with Gasteiger partial charge in [0, 0.05) is 38.2 Å². The molecule has 0 aliphatic carbocycles. The number of hydrogen-bond acceptors (Lipinski definition) is 4. The highest BCUT2D eigenvalue weighted by Crippen LogP contribution is 2.30. The van der Waals surface area contributed by atoms with Crippen molar-refractivity contribution in [2.45, 2.75) is 20.3 Å². The van der Waals surface area contributed by atoms with Crippen molar-refractivity contribution in [3.63, 3.8) is 0 Å². The SMILES string of the molecule is CCN(CC)C(=O)CCNc1cc(F)c(Cl)cc1[N+](=O)[O-]. The minimum absolute atomic E-state index is 0.00856. The molecular weight excluding hydrogens is 301 g/mol. The van der Waals surface area contributed by atoms with Crippen LogP contribution in [0.2, 0.25) is 5.02 Å². The Hall–Kier alpha value is -1.89. The van der Waals surface area contributed by atoms with Crippen molar-refractivity contribution in [3.8, 4) is 0 Å². The average Bonchev–Trinajstić information content (AvgIpc) is 2.43. The van der Waals surface area contributed by atoms with E-state index >= 15 is 0 Å². The Bertz CT molecular complexity index is 536. The molecule has 1 rings (SSSR count). The molecule has 6 nitrogen and oxygen atoms in total. The van der Waals surface area contributed by atoms with Crippen molar-refractivity contribution in [1.82, 2.24) is 4.90 Å². The zero-order valence-electron chi connectivity index (χ0n) is 11.9. The van der Waals surface area contributed by atoms with Crippen LogP contribution in [0.4, 0.5) is 15.8 Å². The predicted octanol–water partition coefficient (Wildman–Crippen LogP) is 3.06. The molecule has 1 N–H and O–H groups in total. The third-order valence-electron chi connectivity index (χ3n) is 3.01. The summed E-state index contributed by atoms with van der Waals surface area (Å²) in [5.41, 5.74) is -0.314. The van der Waals surface area contributed by atoms with Crippen molar-refractivity contribution < 1.29 is 14.1 Å². The molecule has 0 saturated carbocycles. The Morgan fingerprint density at radius 2 is 2.05 bits per heavy atom. The second-order valence-corrected chi connectivity index (χ2v) is 4.69. The highest BCUT2D eigenvalue weighted by atomic mass is 35.5. The number of halogens is 2. The monoisotopic (exact) mass is 317 g/mol. The normalized spacial score (nSPS) is 10.3. The highest BCUT2D eigenvalue weighted by Gasteiger charge is 2.18. The maximum Gasteiger partial charge on any atom is 0.294 e. The molecule has 1 aromatic carbocycles. The van der Waals surface area contributed by atoms with Crippen LogP contribution >= 0.6 is 11.6 Å². The molecule has 0 radical (unpaired) electrons. The maximum absolute atomic E-state index is 13.4. The van der Waals surface area contributed by atoms with Gasteiger partial charge < -0.3 is 10.2 Å². The lowest BCUT2D eigenvalue weighted by Gasteiger charge is -2.18. The molecule has 0 heterocycles. The largest absolute Gasteiger partial charge is 0.379 e. The fourth-order valence-electron chi connectivity index (χ4n) is 1.87. The number of anilines is 1. The third-order valence-corrected chi connectivity index (χ3v) is 3.30. The Morgan fingerprint density at radius 3 is 2.57 bits per heavy atom. The van der Waals surface area contributed by atoms with Gasteiger partial charge in [0.15, 0.2) is 0 Å². The molecule has 0 aliphatic rings. The molecule has 1 aromatic rings. The molecule has 0 aliphatic heterocycles. The first-order valence-corrected chi connectivity index (χ1v) is 6.93. The van der Waals surface area contributed by atoms with E-state index in [0.29, 0.717) is 13.1 Å². The molecule has 1 amide bonds. The first-order valence-electron chi connectivity index (χ1n) is 6.55. The van der Waals surface area contributed by atoms with Gasteiger partial charge in [0.2, 0.25) is 5.91 Å². The molecule has 0 spiro atoms. The summed E-state index contributed by atoms with van der Waals surface area (Å²) >= 11 is 5.53. The topological polar surface area (TPSA) is 75.5 Å². The number of nitro groups is 1. The smallest absolute Gasteiger partial charge is 0.294 e. The quantitative estimate of drug-likeness (QED) is 0.619. The summed E-state index contributed by atoms with van der Waals surface area (Å²) in [6, 6.07) is 1.91. The molecule has 0 saturated heterocycles. The zero-order chi connectivity index (χ0) is 16.0. The summed E-state index contributed by atoms with van der Waals surface area (Å²) in [5.74, 6) is -0.815. The average molecular weight is 318 g/mol. The molecule has 21 heavy (non-hydrogen) atoms. The number of nitro benzene ring substituents is 1. The van der Waals surface area contributed by atoms with Crippen LogP contribution in [-0.4, -0.2) is 35.4 Å². The van der Waals surface area contributed by atoms with Gasteiger partial charge in [-0.25, -0.2) is 4.39 Å². The second kappa shape index (κ2) is 7.78. The van der Waals surface area contributed by atoms with E-state index in [9.17, 15) is 19.3 Å². The minimum Gasteiger partial charge on any atom is -0.379 e. The molecule has 8 heteroatoms. The van der Waals surface area contributed by atoms with E-state index in [2.05, 4.69) is 5.32 Å². The second-order valence-electron chi connectivity index (χ2n) is 4.28. The van der Waals surface area contributed by atoms with Gasteiger partial charge >= 0.3 is 0 Å². The molecule has 116 valence electrons. The van der Waals surface area contributed by atoms with E-state index in [0.717, 1.165) is 12.1 Å². The fourth-order valence-corrected chi connectivity index (χ4v) is 2.03. The standard InChI is InChI=1S/C13H17ClFN3O3/c1-3-17(4-2)13(19)5-6-16-11-8-10(15)9(14)7-12(11)18(20)21/h7-8,16H,3-6H2,1-2H3. The molecular formula is C13H17ClFN3O3. The molecule has 0 fully saturated rings. The zero-order valence-corrected chi connectivity index (χ0v) is 12.6. The molecule has 0 bridgehead atoms. The molecule has 0 unspecified atom stereocenters. The fraction of sp³-hybridized carbons (Fsp3) is 0.462. The number of carbonyl (C=O) groups excluding carboxylic acids is 1. The minimum atomic E-state index is -0.750. The van der Waals surface area contributed by atoms with Crippen molar-refractivity contribution in [2.24, 2.45) is 0 Å². The maximum atomic E-state index is 13.4. The number of rotatable bonds is 7. The van der Waals surface area contributed by atoms with Crippen molar-refractivity contribution >= 4 is 28.9 Å². The van der Waals surface area contributed by atoms with E-state index in [1.165, 1.54) is 0 Å². The van der Waals surface area contributed by atoms with Crippen LogP contribution in [0.5, 0.6) is 0 Å². The van der Waals surface area contributed by atoms with E-state index in [1.807, 2.05) is 13.8 Å². The lowest BCUT2D eigenvalue weighted by Crippen LogP contribution is -2.31. The van der Waals surface area contributed by atoms with Gasteiger partial charge in [0.25, 0.3) is 5.69 Å². The third kappa shape index (κ3) is 4.56. The van der Waals surface area contributed by atoms with Crippen molar-refractivity contribution in [1.29, 1.82) is 0 Å². The lowest BCUT2D eigenvalue weighted by atomic mass is 10.2. The number of carbonyl (C=O) groups is 1. The summed E-state index contributed by atoms with van der Waals surface area (Å²) in [7, 11) is 0. The van der Waals surface area contributed by atoms with Gasteiger partial charge in [-0.1, -0.05) is 11.6 Å². The van der Waals surface area contributed by atoms with Crippen LogP contribution in [0.3, 0.4) is 0 Å². The van der Waals surface area contributed by atoms with E-state index < -0.39 is 10.7 Å². The van der Waals surface area contributed by atoms with Gasteiger partial charge in [0.1, 0.15) is 11.5 Å². The van der Waals surface area contributed by atoms with Gasteiger partial charge in [-0.05, 0) is 13.8 Å². The van der Waals surface area contributed by atoms with Crippen LogP contribution in [-0.2, 0) is 4.79 Å². The van der Waals surface area contributed by atoms with E-state index in [4.69, 9.17) is 11.6 Å². The number of amides is 1. The first-order chi connectivity index (χ1) is 9.90.